The molecule has 2 aliphatic rings. The Labute approximate surface area is 105 Å². The summed E-state index contributed by atoms with van der Waals surface area (Å²) < 4.78 is 0. The summed E-state index contributed by atoms with van der Waals surface area (Å²) in [5.41, 5.74) is 5.55. The summed E-state index contributed by atoms with van der Waals surface area (Å²) in [5, 5.41) is 3.24. The molecule has 0 aromatic heterocycles. The molecule has 0 bridgehead atoms. The Kier molecular flexibility index (Phi) is 3.76. The van der Waals surface area contributed by atoms with Crippen LogP contribution < -0.4 is 11.1 Å². The Morgan fingerprint density at radius 1 is 1.29 bits per heavy atom. The van der Waals surface area contributed by atoms with Gasteiger partial charge in [0.2, 0.25) is 5.91 Å². The molecule has 0 aromatic rings. The van der Waals surface area contributed by atoms with Crippen molar-refractivity contribution in [3.05, 3.63) is 0 Å². The highest BCUT2D eigenvalue weighted by Crippen LogP contribution is 2.40. The molecule has 17 heavy (non-hydrogen) atoms. The molecule has 0 heterocycles. The van der Waals surface area contributed by atoms with E-state index in [2.05, 4.69) is 19.2 Å². The van der Waals surface area contributed by atoms with Crippen molar-refractivity contribution in [1.82, 2.24) is 5.32 Å². The van der Waals surface area contributed by atoms with E-state index in [1.54, 1.807) is 0 Å². The van der Waals surface area contributed by atoms with Crippen molar-refractivity contribution in [2.75, 3.05) is 6.54 Å². The minimum Gasteiger partial charge on any atom is -0.353 e. The van der Waals surface area contributed by atoms with Crippen LogP contribution >= 0.6 is 0 Å². The molecule has 3 N–H and O–H groups in total. The number of nitrogens with one attached hydrogen (secondary N) is 1. The highest BCUT2D eigenvalue weighted by Gasteiger charge is 2.43. The maximum absolute atomic E-state index is 12.2. The second-order valence-electron chi connectivity index (χ2n) is 6.28. The van der Waals surface area contributed by atoms with E-state index in [9.17, 15) is 4.79 Å². The third-order valence-corrected chi connectivity index (χ3v) is 5.12. The topological polar surface area (TPSA) is 55.1 Å². The summed E-state index contributed by atoms with van der Waals surface area (Å²) in [4.78, 5) is 12.2. The van der Waals surface area contributed by atoms with Gasteiger partial charge in [0.1, 0.15) is 0 Å². The molecule has 2 rings (SSSR count). The van der Waals surface area contributed by atoms with Crippen LogP contribution in [0.1, 0.15) is 52.4 Å². The summed E-state index contributed by atoms with van der Waals surface area (Å²) in [7, 11) is 0. The third-order valence-electron chi connectivity index (χ3n) is 5.12. The lowest BCUT2D eigenvalue weighted by Gasteiger charge is -2.41. The predicted molar refractivity (Wildman–Crippen MR) is 69.4 cm³/mol. The first-order valence-corrected chi connectivity index (χ1v) is 7.08. The second kappa shape index (κ2) is 4.97. The van der Waals surface area contributed by atoms with Gasteiger partial charge in [-0.3, -0.25) is 4.79 Å². The maximum atomic E-state index is 12.2. The molecule has 0 aromatic carbocycles. The van der Waals surface area contributed by atoms with Gasteiger partial charge in [0.25, 0.3) is 0 Å². The smallest absolute Gasteiger partial charge is 0.227 e. The van der Waals surface area contributed by atoms with Crippen LogP contribution in [0.5, 0.6) is 0 Å². The van der Waals surface area contributed by atoms with E-state index < -0.39 is 0 Å². The van der Waals surface area contributed by atoms with Gasteiger partial charge in [0.15, 0.2) is 0 Å². The van der Waals surface area contributed by atoms with Gasteiger partial charge in [-0.05, 0) is 43.9 Å². The lowest BCUT2D eigenvalue weighted by atomic mass is 9.67. The number of carbonyl (C=O) groups is 1. The van der Waals surface area contributed by atoms with Crippen molar-refractivity contribution in [3.8, 4) is 0 Å². The van der Waals surface area contributed by atoms with Gasteiger partial charge in [-0.25, -0.2) is 0 Å². The number of hydrogen-bond donors (Lipinski definition) is 2. The molecule has 2 fully saturated rings. The van der Waals surface area contributed by atoms with Gasteiger partial charge in [0, 0.05) is 12.6 Å². The lowest BCUT2D eigenvalue weighted by molar-refractivity contribution is -0.136. The molecule has 3 unspecified atom stereocenters. The van der Waals surface area contributed by atoms with Crippen molar-refractivity contribution in [2.24, 2.45) is 23.0 Å². The molecular formula is C14H26N2O. The van der Waals surface area contributed by atoms with E-state index in [-0.39, 0.29) is 11.3 Å². The summed E-state index contributed by atoms with van der Waals surface area (Å²) in [6, 6.07) is 0.387. The fourth-order valence-corrected chi connectivity index (χ4v) is 3.14. The molecule has 3 nitrogen and oxygen atoms in total. The Bertz CT molecular complexity index is 280. The van der Waals surface area contributed by atoms with E-state index >= 15 is 0 Å². The van der Waals surface area contributed by atoms with Crippen molar-refractivity contribution < 1.29 is 4.79 Å². The standard InChI is InChI=1S/C14H26N2O/c1-10-4-5-12(8-11(10)2)16-13(17)14(9-15)6-3-7-14/h10-12H,3-9,15H2,1-2H3,(H,16,17). The molecule has 0 aliphatic heterocycles. The Morgan fingerprint density at radius 2 is 2.00 bits per heavy atom. The molecular weight excluding hydrogens is 212 g/mol. The van der Waals surface area contributed by atoms with Crippen molar-refractivity contribution in [3.63, 3.8) is 0 Å². The number of nitrogens with two attached hydrogens (primary N) is 1. The zero-order chi connectivity index (χ0) is 12.5. The van der Waals surface area contributed by atoms with Crippen LogP contribution in [-0.2, 0) is 4.79 Å². The largest absolute Gasteiger partial charge is 0.353 e. The number of carbonyl (C=O) groups excluding carboxylic acids is 1. The minimum atomic E-state index is -0.216. The fraction of sp³-hybridized carbons (Fsp3) is 0.929. The number of rotatable bonds is 3. The van der Waals surface area contributed by atoms with E-state index in [1.807, 2.05) is 0 Å². The minimum absolute atomic E-state index is 0.216. The van der Waals surface area contributed by atoms with E-state index in [1.165, 1.54) is 6.42 Å². The summed E-state index contributed by atoms with van der Waals surface area (Å²) in [6.07, 6.45) is 6.62. The van der Waals surface area contributed by atoms with Gasteiger partial charge in [0.05, 0.1) is 5.41 Å². The highest BCUT2D eigenvalue weighted by atomic mass is 16.2. The average Bonchev–Trinajstić information content (AvgIpc) is 2.23. The number of hydrogen-bond acceptors (Lipinski definition) is 2. The summed E-state index contributed by atoms with van der Waals surface area (Å²) in [6.45, 7) is 5.12. The summed E-state index contributed by atoms with van der Waals surface area (Å²) >= 11 is 0. The Hall–Kier alpha value is -0.570. The van der Waals surface area contributed by atoms with Crippen LogP contribution in [-0.4, -0.2) is 18.5 Å². The quantitative estimate of drug-likeness (QED) is 0.790. The van der Waals surface area contributed by atoms with Crippen LogP contribution in [0.3, 0.4) is 0 Å². The van der Waals surface area contributed by atoms with E-state index in [4.69, 9.17) is 5.73 Å². The van der Waals surface area contributed by atoms with Gasteiger partial charge in [-0.2, -0.15) is 0 Å². The fourth-order valence-electron chi connectivity index (χ4n) is 3.14. The van der Waals surface area contributed by atoms with Gasteiger partial charge in [-0.15, -0.1) is 0 Å². The molecule has 0 radical (unpaired) electrons. The van der Waals surface area contributed by atoms with E-state index in [0.717, 1.165) is 43.9 Å². The van der Waals surface area contributed by atoms with Crippen LogP contribution in [0.15, 0.2) is 0 Å². The van der Waals surface area contributed by atoms with Gasteiger partial charge >= 0.3 is 0 Å². The van der Waals surface area contributed by atoms with Crippen LogP contribution in [0, 0.1) is 17.3 Å². The highest BCUT2D eigenvalue weighted by molar-refractivity contribution is 5.84. The lowest BCUT2D eigenvalue weighted by Crippen LogP contribution is -2.53. The van der Waals surface area contributed by atoms with Crippen molar-refractivity contribution in [2.45, 2.75) is 58.4 Å². The SMILES string of the molecule is CC1CCC(NC(=O)C2(CN)CCC2)CC1C. The first-order chi connectivity index (χ1) is 8.07. The molecule has 3 atom stereocenters. The van der Waals surface area contributed by atoms with Crippen molar-refractivity contribution in [1.29, 1.82) is 0 Å². The summed E-state index contributed by atoms with van der Waals surface area (Å²) in [5.74, 6) is 1.75. The third kappa shape index (κ3) is 2.49. The molecule has 2 aliphatic carbocycles. The monoisotopic (exact) mass is 238 g/mol. The van der Waals surface area contributed by atoms with Crippen LogP contribution in [0.2, 0.25) is 0 Å². The first-order valence-electron chi connectivity index (χ1n) is 7.08. The average molecular weight is 238 g/mol. The normalized spacial score (nSPS) is 36.1. The Balaban J connectivity index is 1.87. The van der Waals surface area contributed by atoms with E-state index in [0.29, 0.717) is 12.6 Å². The number of amides is 1. The van der Waals surface area contributed by atoms with Gasteiger partial charge < -0.3 is 11.1 Å². The zero-order valence-corrected chi connectivity index (χ0v) is 11.2. The molecule has 0 saturated heterocycles. The van der Waals surface area contributed by atoms with Gasteiger partial charge in [-0.1, -0.05) is 20.3 Å². The first kappa shape index (κ1) is 12.9. The second-order valence-corrected chi connectivity index (χ2v) is 6.28. The molecule has 1 amide bonds. The van der Waals surface area contributed by atoms with Crippen molar-refractivity contribution >= 4 is 5.91 Å². The van der Waals surface area contributed by atoms with Crippen LogP contribution in [0.4, 0.5) is 0 Å². The molecule has 98 valence electrons. The predicted octanol–water partition coefficient (Wildman–Crippen LogP) is 2.06. The molecule has 2 saturated carbocycles. The Morgan fingerprint density at radius 3 is 2.47 bits per heavy atom. The maximum Gasteiger partial charge on any atom is 0.227 e. The molecule has 3 heteroatoms. The molecule has 0 spiro atoms. The zero-order valence-electron chi connectivity index (χ0n) is 11.2. The van der Waals surface area contributed by atoms with Crippen LogP contribution in [0.25, 0.3) is 0 Å².